The molecule has 2 N–H and O–H groups in total. The van der Waals surface area contributed by atoms with Gasteiger partial charge in [0.25, 0.3) is 5.91 Å². The summed E-state index contributed by atoms with van der Waals surface area (Å²) in [7, 11) is 0. The number of nitrogens with zero attached hydrogens (tertiary/aromatic N) is 5. The number of pyridine rings is 1. The molecule has 1 saturated heterocycles. The molecule has 4 heterocycles. The smallest absolute Gasteiger partial charge is 0.264 e. The summed E-state index contributed by atoms with van der Waals surface area (Å²) in [5.74, 6) is 2.25. The summed E-state index contributed by atoms with van der Waals surface area (Å²) in [4.78, 5) is 17.1. The van der Waals surface area contributed by atoms with Gasteiger partial charge in [-0.25, -0.2) is 9.67 Å². The van der Waals surface area contributed by atoms with Crippen molar-refractivity contribution in [3.8, 4) is 11.7 Å². The lowest BCUT2D eigenvalue weighted by molar-refractivity contribution is 0.0984. The zero-order valence-corrected chi connectivity index (χ0v) is 24.3. The summed E-state index contributed by atoms with van der Waals surface area (Å²) in [5.41, 5.74) is 0.545. The van der Waals surface area contributed by atoms with E-state index in [1.54, 1.807) is 23.0 Å². The van der Waals surface area contributed by atoms with Crippen molar-refractivity contribution in [1.29, 1.82) is 0 Å². The third-order valence-corrected chi connectivity index (χ3v) is 8.66. The first-order chi connectivity index (χ1) is 18.8. The summed E-state index contributed by atoms with van der Waals surface area (Å²) >= 11 is 7.54. The summed E-state index contributed by atoms with van der Waals surface area (Å²) in [6.07, 6.45) is 13.6. The highest BCUT2D eigenvalue weighted by Gasteiger charge is 2.29. The van der Waals surface area contributed by atoms with Gasteiger partial charge in [-0.3, -0.25) is 14.2 Å². The van der Waals surface area contributed by atoms with Gasteiger partial charge in [-0.05, 0) is 76.1 Å². The highest BCUT2D eigenvalue weighted by molar-refractivity contribution is 7.97. The van der Waals surface area contributed by atoms with Gasteiger partial charge < -0.3 is 10.1 Å². The number of halogens is 1. The van der Waals surface area contributed by atoms with E-state index >= 15 is 0 Å². The van der Waals surface area contributed by atoms with Crippen molar-refractivity contribution in [2.24, 2.45) is 11.8 Å². The van der Waals surface area contributed by atoms with Crippen LogP contribution in [0.15, 0.2) is 41.7 Å². The van der Waals surface area contributed by atoms with Crippen molar-refractivity contribution in [3.05, 3.63) is 47.4 Å². The fourth-order valence-electron chi connectivity index (χ4n) is 5.57. The molecule has 0 spiro atoms. The first-order valence-corrected chi connectivity index (χ1v) is 15.2. The maximum absolute atomic E-state index is 12.8. The van der Waals surface area contributed by atoms with Gasteiger partial charge in [0.15, 0.2) is 5.82 Å². The Bertz CT molecular complexity index is 1250. The predicted octanol–water partition coefficient (Wildman–Crippen LogP) is 5.68. The van der Waals surface area contributed by atoms with E-state index in [4.69, 9.17) is 16.3 Å². The van der Waals surface area contributed by atoms with Crippen molar-refractivity contribution in [1.82, 2.24) is 34.6 Å². The van der Waals surface area contributed by atoms with E-state index in [0.717, 1.165) is 42.8 Å². The Morgan fingerprint density at radius 2 is 2.00 bits per heavy atom. The Morgan fingerprint density at radius 1 is 1.15 bits per heavy atom. The Morgan fingerprint density at radius 3 is 2.77 bits per heavy atom. The number of rotatable bonds is 12. The van der Waals surface area contributed by atoms with E-state index in [9.17, 15) is 4.79 Å². The predicted molar refractivity (Wildman–Crippen MR) is 153 cm³/mol. The summed E-state index contributed by atoms with van der Waals surface area (Å²) < 4.78 is 12.2. The fraction of sp³-hybridized carbons (Fsp3) is 0.571. The van der Waals surface area contributed by atoms with Crippen LogP contribution in [0, 0.1) is 11.8 Å². The van der Waals surface area contributed by atoms with Crippen molar-refractivity contribution in [3.63, 3.8) is 0 Å². The number of aryl methyl sites for hydroxylation is 1. The standard InChI is InChI=1S/C28H38ClN7O2S/c1-28(2)18-21(19-30-28)8-5-14-35-15-12-25(33-35)39-34-27(37)22-9-10-23(31-26(22)29)36-16-11-24(32-36)38-17-13-20-6-3-4-7-20/h9-12,15-16,20-21,30H,3-8,13-14,17-19H2,1-2H3,(H,34,37)/t21-/m0/s1. The Kier molecular flexibility index (Phi) is 9.14. The minimum absolute atomic E-state index is 0.111. The van der Waals surface area contributed by atoms with Crippen LogP contribution in [0.2, 0.25) is 5.15 Å². The maximum atomic E-state index is 12.8. The molecule has 210 valence electrons. The molecule has 9 nitrogen and oxygen atoms in total. The van der Waals surface area contributed by atoms with Gasteiger partial charge in [-0.15, -0.1) is 5.10 Å². The molecule has 1 aliphatic heterocycles. The summed E-state index contributed by atoms with van der Waals surface area (Å²) in [6, 6.07) is 7.09. The molecular formula is C28H38ClN7O2S. The highest BCUT2D eigenvalue weighted by Crippen LogP contribution is 2.28. The molecule has 11 heteroatoms. The second-order valence-corrected chi connectivity index (χ2v) is 12.5. The SMILES string of the molecule is CC1(C)C[C@H](CCCn2ccc(SNC(=O)c3ccc(-n4ccc(OCCC5CCCC5)n4)nc3Cl)n2)CN1. The van der Waals surface area contributed by atoms with Gasteiger partial charge in [-0.2, -0.15) is 5.10 Å². The molecule has 1 saturated carbocycles. The van der Waals surface area contributed by atoms with Crippen LogP contribution in [0.4, 0.5) is 0 Å². The second kappa shape index (κ2) is 12.7. The number of aromatic nitrogens is 5. The van der Waals surface area contributed by atoms with E-state index in [1.807, 2.05) is 23.0 Å². The number of hydrogen-bond acceptors (Lipinski definition) is 7. The van der Waals surface area contributed by atoms with Gasteiger partial charge in [0.1, 0.15) is 10.2 Å². The fourth-order valence-corrected chi connectivity index (χ4v) is 6.39. The molecule has 1 amide bonds. The lowest BCUT2D eigenvalue weighted by atomic mass is 9.94. The molecule has 3 aromatic rings. The van der Waals surface area contributed by atoms with Crippen molar-refractivity contribution < 1.29 is 9.53 Å². The van der Waals surface area contributed by atoms with Gasteiger partial charge >= 0.3 is 0 Å². The molecular weight excluding hydrogens is 534 g/mol. The summed E-state index contributed by atoms with van der Waals surface area (Å²) in [6.45, 7) is 7.15. The second-order valence-electron chi connectivity index (χ2n) is 11.3. The molecule has 0 radical (unpaired) electrons. The topological polar surface area (TPSA) is 98.9 Å². The monoisotopic (exact) mass is 571 g/mol. The van der Waals surface area contributed by atoms with E-state index in [-0.39, 0.29) is 16.6 Å². The van der Waals surface area contributed by atoms with Gasteiger partial charge in [0, 0.05) is 42.5 Å². The average molecular weight is 572 g/mol. The van der Waals surface area contributed by atoms with Crippen LogP contribution in [0.25, 0.3) is 5.82 Å². The molecule has 2 aliphatic rings. The van der Waals surface area contributed by atoms with Crippen LogP contribution < -0.4 is 14.8 Å². The highest BCUT2D eigenvalue weighted by atomic mass is 35.5. The Hall–Kier alpha value is -2.56. The van der Waals surface area contributed by atoms with Crippen molar-refractivity contribution in [2.75, 3.05) is 13.2 Å². The zero-order valence-electron chi connectivity index (χ0n) is 22.7. The number of carbonyl (C=O) groups excluding carboxylic acids is 1. The average Bonchev–Trinajstić information content (AvgIpc) is 3.71. The van der Waals surface area contributed by atoms with Crippen LogP contribution in [0.1, 0.15) is 75.6 Å². The van der Waals surface area contributed by atoms with Crippen LogP contribution in [0.3, 0.4) is 0 Å². The number of ether oxygens (including phenoxy) is 1. The van der Waals surface area contributed by atoms with Crippen molar-refractivity contribution >= 4 is 29.5 Å². The van der Waals surface area contributed by atoms with Crippen LogP contribution >= 0.6 is 23.5 Å². The molecule has 5 rings (SSSR count). The zero-order chi connectivity index (χ0) is 27.2. The third-order valence-electron chi connectivity index (χ3n) is 7.66. The van der Waals surface area contributed by atoms with E-state index < -0.39 is 0 Å². The molecule has 3 aromatic heterocycles. The van der Waals surface area contributed by atoms with Crippen LogP contribution in [0.5, 0.6) is 5.88 Å². The van der Waals surface area contributed by atoms with E-state index in [1.165, 1.54) is 50.5 Å². The Balaban J connectivity index is 1.07. The minimum Gasteiger partial charge on any atom is -0.477 e. The molecule has 0 unspecified atom stereocenters. The molecule has 1 atom stereocenters. The molecule has 1 aliphatic carbocycles. The lowest BCUT2D eigenvalue weighted by Gasteiger charge is -2.17. The van der Waals surface area contributed by atoms with Crippen molar-refractivity contribution in [2.45, 2.75) is 82.3 Å². The normalized spacial score (nSPS) is 19.0. The molecule has 2 fully saturated rings. The van der Waals surface area contributed by atoms with E-state index in [2.05, 4.69) is 39.1 Å². The third kappa shape index (κ3) is 7.77. The Labute approximate surface area is 239 Å². The van der Waals surface area contributed by atoms with Crippen LogP contribution in [-0.2, 0) is 6.54 Å². The van der Waals surface area contributed by atoms with E-state index in [0.29, 0.717) is 23.9 Å². The molecule has 39 heavy (non-hydrogen) atoms. The maximum Gasteiger partial charge on any atom is 0.264 e. The van der Waals surface area contributed by atoms with Gasteiger partial charge in [0.2, 0.25) is 5.88 Å². The first kappa shape index (κ1) is 28.0. The molecule has 0 aromatic carbocycles. The number of amides is 1. The summed E-state index contributed by atoms with van der Waals surface area (Å²) in [5, 5.41) is 13.4. The van der Waals surface area contributed by atoms with Gasteiger partial charge in [0.05, 0.1) is 12.2 Å². The number of nitrogens with one attached hydrogen (secondary N) is 2. The number of hydrogen-bond donors (Lipinski definition) is 2. The quantitative estimate of drug-likeness (QED) is 0.213. The minimum atomic E-state index is -0.327. The van der Waals surface area contributed by atoms with Gasteiger partial charge in [-0.1, -0.05) is 37.3 Å². The molecule has 0 bridgehead atoms. The lowest BCUT2D eigenvalue weighted by Crippen LogP contribution is -2.31. The first-order valence-electron chi connectivity index (χ1n) is 14.0. The van der Waals surface area contributed by atoms with Crippen LogP contribution in [-0.4, -0.2) is 49.1 Å². The largest absolute Gasteiger partial charge is 0.477 e. The number of carbonyl (C=O) groups is 1.